The second-order valence-corrected chi connectivity index (χ2v) is 6.86. The summed E-state index contributed by atoms with van der Waals surface area (Å²) in [5, 5.41) is 0. The molecular weight excluding hydrogens is 297 g/mol. The molecule has 24 heavy (non-hydrogen) atoms. The van der Waals surface area contributed by atoms with E-state index in [1.165, 1.54) is 43.5 Å². The average Bonchev–Trinajstić information content (AvgIpc) is 2.61. The molecule has 1 aliphatic carbocycles. The van der Waals surface area contributed by atoms with E-state index in [-0.39, 0.29) is 5.82 Å². The van der Waals surface area contributed by atoms with Gasteiger partial charge >= 0.3 is 0 Å². The van der Waals surface area contributed by atoms with Crippen LogP contribution >= 0.6 is 0 Å². The minimum atomic E-state index is -0.119. The number of rotatable bonds is 6. The third kappa shape index (κ3) is 3.54. The zero-order valence-electron chi connectivity index (χ0n) is 14.9. The van der Waals surface area contributed by atoms with Crippen LogP contribution in [0.1, 0.15) is 44.2 Å². The van der Waals surface area contributed by atoms with E-state index in [1.54, 1.807) is 12.1 Å². The fourth-order valence-electron chi connectivity index (χ4n) is 4.08. The van der Waals surface area contributed by atoms with Gasteiger partial charge in [0.1, 0.15) is 5.82 Å². The van der Waals surface area contributed by atoms with Crippen molar-refractivity contribution in [2.75, 3.05) is 13.1 Å². The van der Waals surface area contributed by atoms with Gasteiger partial charge in [-0.25, -0.2) is 4.39 Å². The molecule has 1 aliphatic rings. The summed E-state index contributed by atoms with van der Waals surface area (Å²) in [6, 6.07) is 14.2. The van der Waals surface area contributed by atoms with Gasteiger partial charge in [0.25, 0.3) is 0 Å². The fraction of sp³-hybridized carbons (Fsp3) is 0.455. The van der Waals surface area contributed by atoms with Crippen molar-refractivity contribution in [2.24, 2.45) is 0 Å². The van der Waals surface area contributed by atoms with Gasteiger partial charge in [0.05, 0.1) is 0 Å². The Labute approximate surface area is 145 Å². The van der Waals surface area contributed by atoms with E-state index in [1.807, 2.05) is 12.1 Å². The number of fused-ring (bicyclic) bond motifs is 1. The summed E-state index contributed by atoms with van der Waals surface area (Å²) in [7, 11) is 0. The first kappa shape index (κ1) is 17.2. The molecule has 0 spiro atoms. The quantitative estimate of drug-likeness (QED) is 0.680. The molecule has 0 saturated heterocycles. The summed E-state index contributed by atoms with van der Waals surface area (Å²) in [4.78, 5) is 2.65. The Balaban J connectivity index is 1.89. The lowest BCUT2D eigenvalue weighted by Crippen LogP contribution is -2.40. The topological polar surface area (TPSA) is 3.24 Å². The highest BCUT2D eigenvalue weighted by atomic mass is 19.1. The molecule has 0 N–H and O–H groups in total. The lowest BCUT2D eigenvalue weighted by atomic mass is 9.83. The molecule has 0 bridgehead atoms. The molecule has 2 aromatic rings. The molecule has 1 nitrogen and oxygen atoms in total. The molecule has 2 aromatic carbocycles. The van der Waals surface area contributed by atoms with E-state index in [2.05, 4.69) is 36.9 Å². The maximum atomic E-state index is 14.2. The molecule has 1 atom stereocenters. The standard InChI is InChI=1S/C22H28FN/c1-3-14-24(15-4-2)18-12-13-19-17(16-18)8-7-10-20(19)21-9-5-6-11-22(21)23/h5-11,18H,3-4,12-16H2,1-2H3/t18-/m0/s1. The second kappa shape index (κ2) is 7.94. The number of hydrogen-bond donors (Lipinski definition) is 0. The van der Waals surface area contributed by atoms with Crippen LogP contribution in [0.4, 0.5) is 4.39 Å². The summed E-state index contributed by atoms with van der Waals surface area (Å²) >= 11 is 0. The summed E-state index contributed by atoms with van der Waals surface area (Å²) in [5.41, 5.74) is 4.59. The normalized spacial score (nSPS) is 17.1. The Morgan fingerprint density at radius 3 is 2.38 bits per heavy atom. The summed E-state index contributed by atoms with van der Waals surface area (Å²) < 4.78 is 14.2. The predicted molar refractivity (Wildman–Crippen MR) is 99.8 cm³/mol. The van der Waals surface area contributed by atoms with Crippen molar-refractivity contribution in [3.63, 3.8) is 0 Å². The van der Waals surface area contributed by atoms with Gasteiger partial charge in [0, 0.05) is 11.6 Å². The molecule has 2 heteroatoms. The van der Waals surface area contributed by atoms with Crippen LogP contribution in [-0.2, 0) is 12.8 Å². The Bertz CT molecular complexity index is 673. The maximum absolute atomic E-state index is 14.2. The first-order valence-corrected chi connectivity index (χ1v) is 9.34. The van der Waals surface area contributed by atoms with Crippen LogP contribution in [0.5, 0.6) is 0 Å². The third-order valence-corrected chi connectivity index (χ3v) is 5.16. The second-order valence-electron chi connectivity index (χ2n) is 6.86. The van der Waals surface area contributed by atoms with Crippen molar-refractivity contribution in [3.05, 3.63) is 59.4 Å². The largest absolute Gasteiger partial charge is 0.300 e. The molecular formula is C22H28FN. The highest BCUT2D eigenvalue weighted by molar-refractivity contribution is 5.69. The predicted octanol–water partition coefficient (Wildman–Crippen LogP) is 5.47. The van der Waals surface area contributed by atoms with Crippen LogP contribution in [0.2, 0.25) is 0 Å². The van der Waals surface area contributed by atoms with Crippen molar-refractivity contribution in [2.45, 2.75) is 52.0 Å². The van der Waals surface area contributed by atoms with Gasteiger partial charge in [-0.05, 0) is 68.0 Å². The van der Waals surface area contributed by atoms with Crippen molar-refractivity contribution in [1.82, 2.24) is 4.90 Å². The summed E-state index contributed by atoms with van der Waals surface area (Å²) in [6.07, 6.45) is 5.74. The first-order chi connectivity index (χ1) is 11.7. The number of benzene rings is 2. The minimum absolute atomic E-state index is 0.119. The Morgan fingerprint density at radius 1 is 0.958 bits per heavy atom. The lowest BCUT2D eigenvalue weighted by Gasteiger charge is -2.35. The van der Waals surface area contributed by atoms with Crippen LogP contribution in [0.15, 0.2) is 42.5 Å². The Kier molecular flexibility index (Phi) is 5.68. The van der Waals surface area contributed by atoms with Crippen molar-refractivity contribution >= 4 is 0 Å². The third-order valence-electron chi connectivity index (χ3n) is 5.16. The van der Waals surface area contributed by atoms with Gasteiger partial charge < -0.3 is 4.90 Å². The van der Waals surface area contributed by atoms with Crippen LogP contribution in [0.3, 0.4) is 0 Å². The monoisotopic (exact) mass is 325 g/mol. The lowest BCUT2D eigenvalue weighted by molar-refractivity contribution is 0.180. The average molecular weight is 325 g/mol. The van der Waals surface area contributed by atoms with Crippen LogP contribution < -0.4 is 0 Å². The van der Waals surface area contributed by atoms with Gasteiger partial charge in [0.2, 0.25) is 0 Å². The zero-order valence-corrected chi connectivity index (χ0v) is 14.9. The van der Waals surface area contributed by atoms with Crippen molar-refractivity contribution in [1.29, 1.82) is 0 Å². The van der Waals surface area contributed by atoms with Gasteiger partial charge in [-0.15, -0.1) is 0 Å². The molecule has 0 radical (unpaired) electrons. The van der Waals surface area contributed by atoms with E-state index in [9.17, 15) is 4.39 Å². The van der Waals surface area contributed by atoms with Gasteiger partial charge in [0.15, 0.2) is 0 Å². The Morgan fingerprint density at radius 2 is 1.67 bits per heavy atom. The first-order valence-electron chi connectivity index (χ1n) is 9.34. The van der Waals surface area contributed by atoms with E-state index >= 15 is 0 Å². The highest BCUT2D eigenvalue weighted by Crippen LogP contribution is 2.34. The van der Waals surface area contributed by atoms with Crippen LogP contribution in [0, 0.1) is 5.82 Å². The van der Waals surface area contributed by atoms with Crippen molar-refractivity contribution in [3.8, 4) is 11.1 Å². The molecule has 0 aliphatic heterocycles. The van der Waals surface area contributed by atoms with E-state index < -0.39 is 0 Å². The molecule has 3 rings (SSSR count). The van der Waals surface area contributed by atoms with E-state index in [0.717, 1.165) is 24.0 Å². The molecule has 0 amide bonds. The SMILES string of the molecule is CCCN(CCC)[C@H]1CCc2c(cccc2-c2ccccc2F)C1. The summed E-state index contributed by atoms with van der Waals surface area (Å²) in [6.45, 7) is 6.88. The minimum Gasteiger partial charge on any atom is -0.300 e. The molecule has 0 aromatic heterocycles. The van der Waals surface area contributed by atoms with E-state index in [0.29, 0.717) is 6.04 Å². The van der Waals surface area contributed by atoms with Gasteiger partial charge in [-0.2, -0.15) is 0 Å². The van der Waals surface area contributed by atoms with E-state index in [4.69, 9.17) is 0 Å². The van der Waals surface area contributed by atoms with Crippen LogP contribution in [-0.4, -0.2) is 24.0 Å². The zero-order chi connectivity index (χ0) is 16.9. The number of hydrogen-bond acceptors (Lipinski definition) is 1. The van der Waals surface area contributed by atoms with Gasteiger partial charge in [-0.3, -0.25) is 0 Å². The van der Waals surface area contributed by atoms with Gasteiger partial charge in [-0.1, -0.05) is 50.2 Å². The van der Waals surface area contributed by atoms with Crippen molar-refractivity contribution < 1.29 is 4.39 Å². The Hall–Kier alpha value is -1.67. The molecule has 0 saturated carbocycles. The number of halogens is 1. The maximum Gasteiger partial charge on any atom is 0.131 e. The smallest absolute Gasteiger partial charge is 0.131 e. The molecule has 0 unspecified atom stereocenters. The van der Waals surface area contributed by atoms with Crippen LogP contribution in [0.25, 0.3) is 11.1 Å². The molecule has 0 heterocycles. The summed E-state index contributed by atoms with van der Waals surface area (Å²) in [5.74, 6) is -0.119. The number of nitrogens with zero attached hydrogens (tertiary/aromatic N) is 1. The highest BCUT2D eigenvalue weighted by Gasteiger charge is 2.25. The fourth-order valence-corrected chi connectivity index (χ4v) is 4.08. The molecule has 128 valence electrons. The molecule has 0 fully saturated rings.